The molecule has 1 aromatic rings. The van der Waals surface area contributed by atoms with E-state index in [-0.39, 0.29) is 17.7 Å². The predicted molar refractivity (Wildman–Crippen MR) is 132 cm³/mol. The highest BCUT2D eigenvalue weighted by Gasteiger charge is 2.64. The summed E-state index contributed by atoms with van der Waals surface area (Å²) in [6.45, 7) is 7.06. The third kappa shape index (κ3) is 4.57. The molecule has 3 N–H and O–H groups in total. The number of hydrogen-bond acceptors (Lipinski definition) is 7. The van der Waals surface area contributed by atoms with Gasteiger partial charge >= 0.3 is 6.16 Å². The molecule has 4 rings (SSSR count). The molecular formula is C28H33NO7. The number of aromatic hydroxyl groups is 1. The van der Waals surface area contributed by atoms with Gasteiger partial charge in [0.05, 0.1) is 6.26 Å². The average molecular weight is 496 g/mol. The van der Waals surface area contributed by atoms with Crippen LogP contribution in [0.15, 0.2) is 60.4 Å². The molecule has 1 spiro atoms. The Morgan fingerprint density at radius 1 is 1.14 bits per heavy atom. The topological polar surface area (TPSA) is 122 Å². The van der Waals surface area contributed by atoms with E-state index in [1.54, 1.807) is 37.3 Å². The zero-order valence-electron chi connectivity index (χ0n) is 20.9. The molecule has 0 radical (unpaired) electrons. The molecule has 8 heteroatoms. The average Bonchev–Trinajstić information content (AvgIpc) is 3.09. The number of hydrogen-bond donors (Lipinski definition) is 3. The number of ether oxygens (including phenoxy) is 2. The summed E-state index contributed by atoms with van der Waals surface area (Å²) in [6, 6.07) is 6.46. The van der Waals surface area contributed by atoms with Gasteiger partial charge in [-0.2, -0.15) is 0 Å². The molecule has 0 aromatic heterocycles. The molecule has 2 aliphatic heterocycles. The van der Waals surface area contributed by atoms with E-state index in [1.807, 2.05) is 26.0 Å². The molecule has 0 saturated carbocycles. The molecule has 7 unspecified atom stereocenters. The van der Waals surface area contributed by atoms with Crippen LogP contribution in [0.5, 0.6) is 5.75 Å². The fourth-order valence-corrected chi connectivity index (χ4v) is 5.70. The van der Waals surface area contributed by atoms with Gasteiger partial charge < -0.3 is 25.0 Å². The number of phenolic OH excluding ortho intramolecular Hbond substituents is 1. The van der Waals surface area contributed by atoms with Crippen LogP contribution in [0.2, 0.25) is 0 Å². The number of amides is 1. The first-order valence-electron chi connectivity index (χ1n) is 12.2. The predicted octanol–water partition coefficient (Wildman–Crippen LogP) is 3.58. The van der Waals surface area contributed by atoms with Crippen molar-refractivity contribution in [3.05, 3.63) is 66.0 Å². The third-order valence-corrected chi connectivity index (χ3v) is 7.78. The van der Waals surface area contributed by atoms with Crippen molar-refractivity contribution in [2.75, 3.05) is 0 Å². The van der Waals surface area contributed by atoms with Crippen LogP contribution in [-0.4, -0.2) is 45.3 Å². The SMILES string of the molecule is CC1=CC2/C=C/CC(C)C(=O)C(C)(O)/C=C\OC(=O)OC23C(=O)NC(Cc2ccc(O)cc2)C3C1C. The molecule has 0 bridgehead atoms. The van der Waals surface area contributed by atoms with Gasteiger partial charge in [-0.15, -0.1) is 0 Å². The van der Waals surface area contributed by atoms with Crippen LogP contribution in [0.4, 0.5) is 4.79 Å². The smallest absolute Gasteiger partial charge is 0.508 e. The Morgan fingerprint density at radius 2 is 1.83 bits per heavy atom. The molecule has 1 fully saturated rings. The minimum atomic E-state index is -1.82. The third-order valence-electron chi connectivity index (χ3n) is 7.78. The van der Waals surface area contributed by atoms with Crippen LogP contribution < -0.4 is 5.32 Å². The number of carbonyl (C=O) groups excluding carboxylic acids is 3. The van der Waals surface area contributed by atoms with Gasteiger partial charge in [-0.1, -0.05) is 49.8 Å². The van der Waals surface area contributed by atoms with E-state index in [9.17, 15) is 24.6 Å². The standard InChI is InChI=1S/C28H33NO7/c1-16-6-5-7-20-14-17(2)18(3)23-22(15-19-8-10-21(30)11-9-19)29-25(32)28(20,23)36-26(33)35-13-12-27(4,34)24(16)31/h5,7-14,16,18,20,22-23,30,34H,6,15H2,1-4H3,(H,29,32)/b7-5+,13-12-. The summed E-state index contributed by atoms with van der Waals surface area (Å²) >= 11 is 0. The molecule has 1 saturated heterocycles. The molecule has 8 nitrogen and oxygen atoms in total. The summed E-state index contributed by atoms with van der Waals surface area (Å²) < 4.78 is 11.0. The van der Waals surface area contributed by atoms with Crippen LogP contribution in [0.1, 0.15) is 39.7 Å². The zero-order chi connectivity index (χ0) is 26.3. The van der Waals surface area contributed by atoms with Crippen molar-refractivity contribution in [2.45, 2.75) is 57.8 Å². The second kappa shape index (κ2) is 9.58. The molecule has 2 heterocycles. The highest BCUT2D eigenvalue weighted by atomic mass is 16.7. The molecule has 7 atom stereocenters. The first-order chi connectivity index (χ1) is 17.0. The van der Waals surface area contributed by atoms with E-state index >= 15 is 0 Å². The van der Waals surface area contributed by atoms with Crippen LogP contribution >= 0.6 is 0 Å². The van der Waals surface area contributed by atoms with Crippen LogP contribution in [0.25, 0.3) is 0 Å². The van der Waals surface area contributed by atoms with E-state index in [4.69, 9.17) is 9.47 Å². The normalized spacial score (nSPS) is 38.5. The highest BCUT2D eigenvalue weighted by molar-refractivity contribution is 5.92. The summed E-state index contributed by atoms with van der Waals surface area (Å²) in [4.78, 5) is 39.2. The number of benzene rings is 1. The number of aliphatic hydroxyl groups is 1. The van der Waals surface area contributed by atoms with E-state index in [0.29, 0.717) is 12.8 Å². The van der Waals surface area contributed by atoms with Crippen LogP contribution in [0.3, 0.4) is 0 Å². The van der Waals surface area contributed by atoms with E-state index < -0.39 is 46.8 Å². The first kappa shape index (κ1) is 25.7. The van der Waals surface area contributed by atoms with Gasteiger partial charge in [0.25, 0.3) is 5.91 Å². The Morgan fingerprint density at radius 3 is 2.53 bits per heavy atom. The Balaban J connectivity index is 1.76. The highest BCUT2D eigenvalue weighted by Crippen LogP contribution is 2.50. The molecule has 1 aliphatic carbocycles. The molecule has 1 amide bonds. The number of rotatable bonds is 2. The largest absolute Gasteiger partial charge is 0.514 e. The van der Waals surface area contributed by atoms with Crippen molar-refractivity contribution in [1.29, 1.82) is 0 Å². The van der Waals surface area contributed by atoms with Gasteiger partial charge in [0.15, 0.2) is 5.78 Å². The first-order valence-corrected chi connectivity index (χ1v) is 12.2. The van der Waals surface area contributed by atoms with Gasteiger partial charge in [0.1, 0.15) is 11.4 Å². The molecular weight excluding hydrogens is 462 g/mol. The van der Waals surface area contributed by atoms with E-state index in [1.165, 1.54) is 6.92 Å². The van der Waals surface area contributed by atoms with Crippen molar-refractivity contribution < 1.29 is 34.1 Å². The lowest BCUT2D eigenvalue weighted by molar-refractivity contribution is -0.147. The maximum absolute atomic E-state index is 13.7. The Kier molecular flexibility index (Phi) is 6.84. The lowest BCUT2D eigenvalue weighted by Crippen LogP contribution is -2.56. The number of nitrogens with one attached hydrogen (secondary N) is 1. The number of phenols is 1. The summed E-state index contributed by atoms with van der Waals surface area (Å²) in [5.41, 5.74) is -1.39. The Labute approximate surface area is 210 Å². The van der Waals surface area contributed by atoms with Gasteiger partial charge in [0.2, 0.25) is 5.60 Å². The van der Waals surface area contributed by atoms with Gasteiger partial charge in [-0.25, -0.2) is 4.79 Å². The summed E-state index contributed by atoms with van der Waals surface area (Å²) in [5.74, 6) is -2.24. The minimum Gasteiger partial charge on any atom is -0.508 e. The number of ketones is 1. The van der Waals surface area contributed by atoms with E-state index in [0.717, 1.165) is 23.5 Å². The fourth-order valence-electron chi connectivity index (χ4n) is 5.70. The maximum Gasteiger partial charge on any atom is 0.514 e. The van der Waals surface area contributed by atoms with E-state index in [2.05, 4.69) is 5.32 Å². The van der Waals surface area contributed by atoms with Crippen molar-refractivity contribution >= 4 is 17.8 Å². The van der Waals surface area contributed by atoms with Gasteiger partial charge in [-0.3, -0.25) is 9.59 Å². The monoisotopic (exact) mass is 495 g/mol. The van der Waals surface area contributed by atoms with Crippen molar-refractivity contribution in [3.8, 4) is 5.75 Å². The molecule has 192 valence electrons. The second-order valence-corrected chi connectivity index (χ2v) is 10.3. The van der Waals surface area contributed by atoms with Crippen LogP contribution in [-0.2, 0) is 25.5 Å². The second-order valence-electron chi connectivity index (χ2n) is 10.3. The fraction of sp³-hybridized carbons (Fsp3) is 0.464. The van der Waals surface area contributed by atoms with Crippen molar-refractivity contribution in [3.63, 3.8) is 0 Å². The van der Waals surface area contributed by atoms with Crippen molar-refractivity contribution in [1.82, 2.24) is 5.32 Å². The minimum absolute atomic E-state index is 0.0871. The lowest BCUT2D eigenvalue weighted by atomic mass is 9.63. The van der Waals surface area contributed by atoms with Crippen molar-refractivity contribution in [2.24, 2.45) is 23.7 Å². The summed E-state index contributed by atoms with van der Waals surface area (Å²) in [5, 5.41) is 23.2. The Bertz CT molecular complexity index is 1130. The zero-order valence-corrected chi connectivity index (χ0v) is 20.9. The summed E-state index contributed by atoms with van der Waals surface area (Å²) in [7, 11) is 0. The maximum atomic E-state index is 13.7. The quantitative estimate of drug-likeness (QED) is 0.423. The summed E-state index contributed by atoms with van der Waals surface area (Å²) in [6.07, 6.45) is 7.33. The molecule has 3 aliphatic rings. The van der Waals surface area contributed by atoms with Gasteiger partial charge in [-0.05, 0) is 56.4 Å². The number of allylic oxidation sites excluding steroid dienone is 2. The number of cyclic esters (lactones) is 1. The number of Topliss-reactive ketones (excluding diaryl/α,β-unsaturated/α-hetero) is 1. The lowest BCUT2D eigenvalue weighted by Gasteiger charge is -2.44. The van der Waals surface area contributed by atoms with Gasteiger partial charge in [0, 0.05) is 23.8 Å². The Hall–Kier alpha value is -3.39. The molecule has 1 aromatic carbocycles. The molecule has 36 heavy (non-hydrogen) atoms. The number of carbonyl (C=O) groups is 3. The van der Waals surface area contributed by atoms with Crippen LogP contribution in [0, 0.1) is 23.7 Å².